The Morgan fingerprint density at radius 3 is 2.63 bits per heavy atom. The Hall–Kier alpha value is -2.42. The van der Waals surface area contributed by atoms with Gasteiger partial charge in [-0.1, -0.05) is 23.7 Å². The van der Waals surface area contributed by atoms with Crippen molar-refractivity contribution in [2.45, 2.75) is 19.4 Å². The van der Waals surface area contributed by atoms with Crippen LogP contribution in [0.25, 0.3) is 0 Å². The van der Waals surface area contributed by atoms with Gasteiger partial charge >= 0.3 is 0 Å². The normalized spacial score (nSPS) is 16.7. The van der Waals surface area contributed by atoms with Gasteiger partial charge in [-0.15, -0.1) is 11.3 Å². The van der Waals surface area contributed by atoms with Crippen LogP contribution in [-0.4, -0.2) is 58.9 Å². The fourth-order valence-corrected chi connectivity index (χ4v) is 4.84. The van der Waals surface area contributed by atoms with Crippen molar-refractivity contribution in [3.8, 4) is 0 Å². The zero-order chi connectivity index (χ0) is 21.3. The Morgan fingerprint density at radius 2 is 1.97 bits per heavy atom. The van der Waals surface area contributed by atoms with Gasteiger partial charge in [0.15, 0.2) is 0 Å². The molecule has 0 bridgehead atoms. The molecule has 9 heteroatoms. The summed E-state index contributed by atoms with van der Waals surface area (Å²) in [5.41, 5.74) is 1.65. The average Bonchev–Trinajstić information content (AvgIpc) is 3.32. The molecule has 0 atom stereocenters. The molecule has 0 aliphatic carbocycles. The minimum Gasteiger partial charge on any atom is -0.396 e. The number of carbonyl (C=O) groups excluding carboxylic acids is 3. The molecule has 0 radical (unpaired) electrons. The average molecular weight is 448 g/mol. The molecular weight excluding hydrogens is 426 g/mol. The van der Waals surface area contributed by atoms with Crippen molar-refractivity contribution in [3.05, 3.63) is 50.7 Å². The zero-order valence-electron chi connectivity index (χ0n) is 16.3. The zero-order valence-corrected chi connectivity index (χ0v) is 17.8. The highest BCUT2D eigenvalue weighted by Crippen LogP contribution is 2.31. The first-order chi connectivity index (χ1) is 14.5. The summed E-state index contributed by atoms with van der Waals surface area (Å²) in [6, 6.07) is 8.60. The van der Waals surface area contributed by atoms with Gasteiger partial charge in [-0.3, -0.25) is 14.4 Å². The maximum atomic E-state index is 13.0. The standard InChI is InChI=1S/C21H22ClN3O4S/c22-17-5-4-16(30-17)20(28)23-15-3-1-2-14-10-25(21(29)19(14)15)11-18(27)24-8-6-13(12-26)7-9-24/h1-5,13,26H,6-12H2,(H,23,28). The molecule has 0 unspecified atom stereocenters. The van der Waals surface area contributed by atoms with Crippen molar-refractivity contribution in [3.63, 3.8) is 0 Å². The molecule has 1 saturated heterocycles. The SMILES string of the molecule is O=C(Nc1cccc2c1C(=O)N(CC(=O)N1CCC(CO)CC1)C2)c1ccc(Cl)s1. The quantitative estimate of drug-likeness (QED) is 0.737. The van der Waals surface area contributed by atoms with E-state index in [0.717, 1.165) is 18.4 Å². The van der Waals surface area contributed by atoms with Gasteiger partial charge in [0.2, 0.25) is 5.91 Å². The van der Waals surface area contributed by atoms with Gasteiger partial charge in [0.1, 0.15) is 6.54 Å². The molecule has 158 valence electrons. The van der Waals surface area contributed by atoms with E-state index in [4.69, 9.17) is 11.6 Å². The van der Waals surface area contributed by atoms with Crippen molar-refractivity contribution in [2.75, 3.05) is 31.6 Å². The van der Waals surface area contributed by atoms with Gasteiger partial charge < -0.3 is 20.2 Å². The number of fused-ring (bicyclic) bond motifs is 1. The number of likely N-dealkylation sites (tertiary alicyclic amines) is 1. The summed E-state index contributed by atoms with van der Waals surface area (Å²) in [6.45, 7) is 1.69. The Balaban J connectivity index is 1.44. The maximum Gasteiger partial charge on any atom is 0.265 e. The molecule has 1 aromatic carbocycles. The summed E-state index contributed by atoms with van der Waals surface area (Å²) in [6.07, 6.45) is 1.55. The summed E-state index contributed by atoms with van der Waals surface area (Å²) in [4.78, 5) is 41.9. The fraction of sp³-hybridized carbons (Fsp3) is 0.381. The molecule has 0 saturated carbocycles. The van der Waals surface area contributed by atoms with Crippen molar-refractivity contribution in [2.24, 2.45) is 5.92 Å². The van der Waals surface area contributed by atoms with E-state index in [1.807, 2.05) is 6.07 Å². The van der Waals surface area contributed by atoms with E-state index < -0.39 is 0 Å². The summed E-state index contributed by atoms with van der Waals surface area (Å²) in [7, 11) is 0. The van der Waals surface area contributed by atoms with Crippen LogP contribution >= 0.6 is 22.9 Å². The number of hydrogen-bond donors (Lipinski definition) is 2. The van der Waals surface area contributed by atoms with Crippen molar-refractivity contribution >= 4 is 46.3 Å². The minimum atomic E-state index is -0.325. The highest BCUT2D eigenvalue weighted by Gasteiger charge is 2.33. The van der Waals surface area contributed by atoms with Crippen LogP contribution in [0.5, 0.6) is 0 Å². The van der Waals surface area contributed by atoms with Crippen LogP contribution in [0.2, 0.25) is 4.34 Å². The molecule has 7 nitrogen and oxygen atoms in total. The van der Waals surface area contributed by atoms with Crippen LogP contribution in [0, 0.1) is 5.92 Å². The second-order valence-electron chi connectivity index (χ2n) is 7.57. The van der Waals surface area contributed by atoms with Gasteiger partial charge in [0.05, 0.1) is 20.5 Å². The monoisotopic (exact) mass is 447 g/mol. The molecule has 2 aromatic rings. The minimum absolute atomic E-state index is 0.00518. The van der Waals surface area contributed by atoms with Gasteiger partial charge in [-0.05, 0) is 42.5 Å². The number of carbonyl (C=O) groups is 3. The second-order valence-corrected chi connectivity index (χ2v) is 9.28. The van der Waals surface area contributed by atoms with Crippen LogP contribution in [-0.2, 0) is 11.3 Å². The Morgan fingerprint density at radius 1 is 1.20 bits per heavy atom. The maximum absolute atomic E-state index is 13.0. The van der Waals surface area contributed by atoms with Gasteiger partial charge in [0, 0.05) is 26.2 Å². The number of amides is 3. The number of halogens is 1. The number of thiophene rings is 1. The summed E-state index contributed by atoms with van der Waals surface area (Å²) < 4.78 is 0.516. The molecule has 1 fully saturated rings. The molecule has 4 rings (SSSR count). The van der Waals surface area contributed by atoms with E-state index in [0.29, 0.717) is 40.1 Å². The van der Waals surface area contributed by atoms with Crippen LogP contribution in [0.3, 0.4) is 0 Å². The summed E-state index contributed by atoms with van der Waals surface area (Å²) in [5.74, 6) is -0.430. The molecule has 2 aliphatic rings. The highest BCUT2D eigenvalue weighted by atomic mass is 35.5. The predicted molar refractivity (Wildman–Crippen MR) is 115 cm³/mol. The summed E-state index contributed by atoms with van der Waals surface area (Å²) in [5, 5.41) is 12.0. The third kappa shape index (κ3) is 4.21. The molecular formula is C21H22ClN3O4S. The number of piperidine rings is 1. The van der Waals surface area contributed by atoms with Crippen molar-refractivity contribution in [1.82, 2.24) is 9.80 Å². The molecule has 1 aromatic heterocycles. The van der Waals surface area contributed by atoms with E-state index >= 15 is 0 Å². The first-order valence-corrected chi connectivity index (χ1v) is 11.0. The number of nitrogens with zero attached hydrogens (tertiary/aromatic N) is 2. The van der Waals surface area contributed by atoms with Gasteiger partial charge in [-0.2, -0.15) is 0 Å². The number of nitrogens with one attached hydrogen (secondary N) is 1. The van der Waals surface area contributed by atoms with Gasteiger partial charge in [0.25, 0.3) is 11.8 Å². The molecule has 3 heterocycles. The lowest BCUT2D eigenvalue weighted by Crippen LogP contribution is -2.44. The largest absolute Gasteiger partial charge is 0.396 e. The predicted octanol–water partition coefficient (Wildman–Crippen LogP) is 2.84. The number of hydrogen-bond acceptors (Lipinski definition) is 5. The molecule has 2 aliphatic heterocycles. The number of rotatable bonds is 5. The van der Waals surface area contributed by atoms with Crippen molar-refractivity contribution in [1.29, 1.82) is 0 Å². The lowest BCUT2D eigenvalue weighted by molar-refractivity contribution is -0.133. The van der Waals surface area contributed by atoms with Gasteiger partial charge in [-0.25, -0.2) is 0 Å². The third-order valence-corrected chi connectivity index (χ3v) is 6.84. The topological polar surface area (TPSA) is 90.0 Å². The van der Waals surface area contributed by atoms with Crippen molar-refractivity contribution < 1.29 is 19.5 Å². The van der Waals surface area contributed by atoms with Crippen LogP contribution < -0.4 is 5.32 Å². The van der Waals surface area contributed by atoms with E-state index in [2.05, 4.69) is 5.32 Å². The van der Waals surface area contributed by atoms with E-state index in [1.54, 1.807) is 29.2 Å². The summed E-state index contributed by atoms with van der Waals surface area (Å²) >= 11 is 7.07. The first-order valence-electron chi connectivity index (χ1n) is 9.82. The Labute approximate surface area is 183 Å². The second kappa shape index (κ2) is 8.75. The van der Waals surface area contributed by atoms with Crippen LogP contribution in [0.1, 0.15) is 38.4 Å². The molecule has 0 spiro atoms. The van der Waals surface area contributed by atoms with E-state index in [9.17, 15) is 19.5 Å². The first kappa shape index (κ1) is 20.8. The number of benzene rings is 1. The lowest BCUT2D eigenvalue weighted by atomic mass is 9.98. The van der Waals surface area contributed by atoms with Crippen LogP contribution in [0.4, 0.5) is 5.69 Å². The molecule has 30 heavy (non-hydrogen) atoms. The third-order valence-electron chi connectivity index (χ3n) is 5.61. The smallest absolute Gasteiger partial charge is 0.265 e. The van der Waals surface area contributed by atoms with E-state index in [1.165, 1.54) is 16.2 Å². The molecule has 3 amide bonds. The molecule has 2 N–H and O–H groups in total. The van der Waals surface area contributed by atoms with Crippen LogP contribution in [0.15, 0.2) is 30.3 Å². The Kier molecular flexibility index (Phi) is 6.08. The fourth-order valence-electron chi connectivity index (χ4n) is 3.90. The Bertz CT molecular complexity index is 984. The lowest BCUT2D eigenvalue weighted by Gasteiger charge is -2.32. The highest BCUT2D eigenvalue weighted by molar-refractivity contribution is 7.18. The van der Waals surface area contributed by atoms with E-state index in [-0.39, 0.29) is 36.8 Å². The number of aliphatic hydroxyl groups is 1. The number of aliphatic hydroxyl groups excluding tert-OH is 1. The number of anilines is 1.